The maximum absolute atomic E-state index is 10.2. The van der Waals surface area contributed by atoms with Gasteiger partial charge in [0.1, 0.15) is 0 Å². The average molecular weight is 187 g/mol. The number of hydrogen-bond donors (Lipinski definition) is 0. The lowest BCUT2D eigenvalue weighted by atomic mass is 10.2. The van der Waals surface area contributed by atoms with Gasteiger partial charge >= 0.3 is 0 Å². The Morgan fingerprint density at radius 3 is 2.36 bits per heavy atom. The van der Waals surface area contributed by atoms with Crippen LogP contribution in [0.15, 0.2) is 29.2 Å². The summed E-state index contributed by atoms with van der Waals surface area (Å²) >= 11 is 0. The predicted molar refractivity (Wildman–Crippen MR) is 46.0 cm³/mol. The van der Waals surface area contributed by atoms with Crippen molar-refractivity contribution in [2.24, 2.45) is 0 Å². The molecule has 0 amide bonds. The van der Waals surface area contributed by atoms with Gasteiger partial charge in [0.05, 0.1) is 0 Å². The Hall–Kier alpha value is -0.320. The molecule has 0 fully saturated rings. The van der Waals surface area contributed by atoms with E-state index in [4.69, 9.17) is 0 Å². The van der Waals surface area contributed by atoms with Crippen LogP contribution in [0, 0.1) is 6.92 Å². The van der Waals surface area contributed by atoms with Gasteiger partial charge in [0.15, 0.2) is 0 Å². The van der Waals surface area contributed by atoms with Crippen LogP contribution >= 0.6 is 10.8 Å². The highest BCUT2D eigenvalue weighted by Gasteiger charge is 1.91. The molecule has 1 atom stereocenters. The predicted octanol–water partition coefficient (Wildman–Crippen LogP) is 1.88. The van der Waals surface area contributed by atoms with Crippen molar-refractivity contribution < 1.29 is 8.76 Å². The third-order valence-corrected chi connectivity index (χ3v) is 2.77. The Bertz CT molecular complexity index is 256. The van der Waals surface area contributed by atoms with E-state index in [0.717, 1.165) is 21.3 Å². The van der Waals surface area contributed by atoms with Crippen LogP contribution in [-0.2, 0) is 10.1 Å². The minimum absolute atomic E-state index is 0.754. The van der Waals surface area contributed by atoms with Gasteiger partial charge in [-0.25, -0.2) is 0 Å². The molecule has 0 aliphatic rings. The zero-order valence-corrected chi connectivity index (χ0v) is 7.58. The summed E-state index contributed by atoms with van der Waals surface area (Å²) in [5, 5.41) is 0. The van der Waals surface area contributed by atoms with Crippen LogP contribution in [0.3, 0.4) is 0 Å². The van der Waals surface area contributed by atoms with Crippen LogP contribution < -0.4 is 0 Å². The van der Waals surface area contributed by atoms with E-state index in [1.807, 2.05) is 19.1 Å². The molecule has 0 heterocycles. The fourth-order valence-corrected chi connectivity index (χ4v) is 1.88. The Kier molecular flexibility index (Phi) is 3.11. The topological polar surface area (TPSA) is 40.1 Å². The van der Waals surface area contributed by atoms with Crippen molar-refractivity contribution in [2.75, 3.05) is 0 Å². The molecule has 60 valence electrons. The van der Waals surface area contributed by atoms with Crippen LogP contribution in [-0.4, -0.2) is 8.76 Å². The first kappa shape index (κ1) is 8.77. The van der Waals surface area contributed by atoms with Crippen molar-refractivity contribution in [1.82, 2.24) is 0 Å². The molecule has 1 aromatic rings. The Morgan fingerprint density at radius 2 is 1.91 bits per heavy atom. The van der Waals surface area contributed by atoms with Crippen molar-refractivity contribution in [3.8, 4) is 0 Å². The molecule has 0 aliphatic carbocycles. The average Bonchev–Trinajstić information content (AvgIpc) is 1.93. The molecule has 11 heavy (non-hydrogen) atoms. The van der Waals surface area contributed by atoms with E-state index in [0.29, 0.717) is 0 Å². The zero-order valence-electron chi connectivity index (χ0n) is 5.94. The van der Waals surface area contributed by atoms with E-state index in [1.165, 1.54) is 0 Å². The summed E-state index contributed by atoms with van der Waals surface area (Å²) in [4.78, 5) is 0.754. The molecule has 1 unspecified atom stereocenters. The highest BCUT2D eigenvalue weighted by Crippen LogP contribution is 2.19. The van der Waals surface area contributed by atoms with Gasteiger partial charge in [0.2, 0.25) is 0 Å². The molecule has 1 aromatic carbocycles. The van der Waals surface area contributed by atoms with E-state index in [2.05, 4.69) is 0 Å². The van der Waals surface area contributed by atoms with Crippen molar-refractivity contribution in [3.63, 3.8) is 0 Å². The molecular formula is C7H7O2S2-. The monoisotopic (exact) mass is 187 g/mol. The lowest BCUT2D eigenvalue weighted by Gasteiger charge is -2.02. The third kappa shape index (κ3) is 3.05. The summed E-state index contributed by atoms with van der Waals surface area (Å²) in [7, 11) is -1.23. The van der Waals surface area contributed by atoms with Gasteiger partial charge in [0.25, 0.3) is 0 Å². The summed E-state index contributed by atoms with van der Waals surface area (Å²) in [6.07, 6.45) is 0. The summed E-state index contributed by atoms with van der Waals surface area (Å²) < 4.78 is 20.4. The molecule has 1 rings (SSSR count). The molecule has 2 nitrogen and oxygen atoms in total. The first-order valence-corrected chi connectivity index (χ1v) is 5.43. The molecular weight excluding hydrogens is 180 g/mol. The first-order valence-electron chi connectivity index (χ1n) is 3.03. The van der Waals surface area contributed by atoms with Crippen LogP contribution in [0.25, 0.3) is 0 Å². The fourth-order valence-electron chi connectivity index (χ4n) is 0.672. The zero-order chi connectivity index (χ0) is 8.27. The van der Waals surface area contributed by atoms with Crippen molar-refractivity contribution in [3.05, 3.63) is 29.8 Å². The second kappa shape index (κ2) is 3.90. The number of benzene rings is 1. The largest absolute Gasteiger partial charge is 0.763 e. The molecule has 0 spiro atoms. The normalized spacial score (nSPS) is 12.9. The third-order valence-electron chi connectivity index (χ3n) is 1.19. The Morgan fingerprint density at radius 1 is 1.36 bits per heavy atom. The number of rotatable bonds is 2. The quantitative estimate of drug-likeness (QED) is 0.524. The van der Waals surface area contributed by atoms with Crippen molar-refractivity contribution in [2.45, 2.75) is 11.8 Å². The maximum atomic E-state index is 10.2. The minimum Gasteiger partial charge on any atom is -0.763 e. The van der Waals surface area contributed by atoms with Gasteiger partial charge in [0, 0.05) is 15.0 Å². The second-order valence-electron chi connectivity index (χ2n) is 2.10. The summed E-state index contributed by atoms with van der Waals surface area (Å²) in [6, 6.07) is 7.34. The van der Waals surface area contributed by atoms with Crippen LogP contribution in [0.2, 0.25) is 0 Å². The lowest BCUT2D eigenvalue weighted by Crippen LogP contribution is -1.78. The maximum Gasteiger partial charge on any atom is 0.0196 e. The molecule has 0 saturated carbocycles. The Labute approximate surface area is 71.7 Å². The van der Waals surface area contributed by atoms with Gasteiger partial charge in [-0.3, -0.25) is 4.21 Å². The smallest absolute Gasteiger partial charge is 0.0196 e. The fraction of sp³-hybridized carbons (Fsp3) is 0.143. The molecule has 0 bridgehead atoms. The molecule has 0 radical (unpaired) electrons. The SMILES string of the molecule is Cc1ccc(SS(=O)[O-])cc1. The lowest BCUT2D eigenvalue weighted by molar-refractivity contribution is 0.553. The molecule has 0 aromatic heterocycles. The van der Waals surface area contributed by atoms with E-state index >= 15 is 0 Å². The van der Waals surface area contributed by atoms with Crippen LogP contribution in [0.5, 0.6) is 0 Å². The highest BCUT2D eigenvalue weighted by atomic mass is 33.1. The molecule has 0 N–H and O–H groups in total. The van der Waals surface area contributed by atoms with Crippen molar-refractivity contribution >= 4 is 20.9 Å². The number of hydrogen-bond acceptors (Lipinski definition) is 3. The van der Waals surface area contributed by atoms with Crippen molar-refractivity contribution in [1.29, 1.82) is 0 Å². The van der Waals surface area contributed by atoms with E-state index < -0.39 is 10.1 Å². The Balaban J connectivity index is 2.74. The van der Waals surface area contributed by atoms with Gasteiger partial charge in [-0.2, -0.15) is 0 Å². The van der Waals surface area contributed by atoms with Crippen LogP contribution in [0.1, 0.15) is 5.56 Å². The van der Waals surface area contributed by atoms with E-state index in [9.17, 15) is 8.76 Å². The standard InChI is InChI=1S/C7H8O2S2/c1-6-2-4-7(5-3-6)10-11(8)9/h2-5H,1H3,(H,8,9)/p-1. The van der Waals surface area contributed by atoms with Gasteiger partial charge in [-0.15, -0.1) is 0 Å². The first-order chi connectivity index (χ1) is 5.18. The van der Waals surface area contributed by atoms with Gasteiger partial charge in [-0.05, 0) is 29.9 Å². The molecule has 0 aliphatic heterocycles. The van der Waals surface area contributed by atoms with Crippen LogP contribution in [0.4, 0.5) is 0 Å². The summed E-state index contributed by atoms with van der Waals surface area (Å²) in [5.74, 6) is 0. The highest BCUT2D eigenvalue weighted by molar-refractivity contribution is 8.67. The van der Waals surface area contributed by atoms with E-state index in [-0.39, 0.29) is 0 Å². The minimum atomic E-state index is -2.06. The van der Waals surface area contributed by atoms with Gasteiger partial charge < -0.3 is 4.55 Å². The summed E-state index contributed by atoms with van der Waals surface area (Å²) in [6.45, 7) is 1.96. The molecule has 4 heteroatoms. The van der Waals surface area contributed by atoms with E-state index in [1.54, 1.807) is 12.1 Å². The summed E-state index contributed by atoms with van der Waals surface area (Å²) in [5.41, 5.74) is 1.13. The number of aryl methyl sites for hydroxylation is 1. The molecule has 0 saturated heterocycles. The van der Waals surface area contributed by atoms with Gasteiger partial charge in [-0.1, -0.05) is 17.7 Å². The second-order valence-corrected chi connectivity index (χ2v) is 4.46.